The average molecular weight is 267 g/mol. The van der Waals surface area contributed by atoms with E-state index in [2.05, 4.69) is 5.32 Å². The van der Waals surface area contributed by atoms with Crippen molar-refractivity contribution in [3.63, 3.8) is 0 Å². The van der Waals surface area contributed by atoms with Crippen molar-refractivity contribution in [1.29, 1.82) is 0 Å². The van der Waals surface area contributed by atoms with Gasteiger partial charge in [0.05, 0.1) is 18.4 Å². The Hall–Kier alpha value is -1.85. The molecule has 0 aromatic carbocycles. The lowest BCUT2D eigenvalue weighted by atomic mass is 9.82. The number of nitrogens with one attached hydrogen (secondary N) is 1. The first-order chi connectivity index (χ1) is 9.04. The zero-order chi connectivity index (χ0) is 14.0. The lowest BCUT2D eigenvalue weighted by molar-refractivity contribution is -0.148. The van der Waals surface area contributed by atoms with E-state index in [-0.39, 0.29) is 30.9 Å². The molecule has 0 aromatic rings. The molecule has 2 aliphatic rings. The Morgan fingerprint density at radius 2 is 1.89 bits per heavy atom. The molecule has 0 saturated heterocycles. The number of carbonyl (C=O) groups excluding carboxylic acids is 2. The molecule has 0 radical (unpaired) electrons. The predicted octanol–water partition coefficient (Wildman–Crippen LogP) is 0.189. The molecule has 1 saturated carbocycles. The minimum absolute atomic E-state index is 0.0340. The molecule has 104 valence electrons. The molecule has 6 nitrogen and oxygen atoms in total. The van der Waals surface area contributed by atoms with Crippen molar-refractivity contribution in [2.75, 3.05) is 13.2 Å². The average Bonchev–Trinajstić information content (AvgIpc) is 2.96. The Labute approximate surface area is 110 Å². The molecule has 1 amide bonds. The first kappa shape index (κ1) is 13.6. The summed E-state index contributed by atoms with van der Waals surface area (Å²) in [6.07, 6.45) is 4.48. The standard InChI is InChI=1S/C13H17NO5/c1-2-19-9(15)6-14-12(16)10-7-3-4-8(5-7)11(10)13(17)18/h3-4,7-8,10-11H,2,5-6H2,1H3,(H,14,16)(H,17,18). The van der Waals surface area contributed by atoms with Gasteiger partial charge in [-0.1, -0.05) is 12.2 Å². The minimum atomic E-state index is -0.951. The van der Waals surface area contributed by atoms with Crippen LogP contribution in [0, 0.1) is 23.7 Å². The third kappa shape index (κ3) is 2.62. The molecule has 2 rings (SSSR count). The molecule has 6 heteroatoms. The van der Waals surface area contributed by atoms with E-state index in [4.69, 9.17) is 4.74 Å². The molecule has 2 N–H and O–H groups in total. The summed E-state index contributed by atoms with van der Waals surface area (Å²) in [6, 6.07) is 0. The van der Waals surface area contributed by atoms with Crippen molar-refractivity contribution < 1.29 is 24.2 Å². The van der Waals surface area contributed by atoms with Crippen LogP contribution >= 0.6 is 0 Å². The maximum atomic E-state index is 12.0. The van der Waals surface area contributed by atoms with E-state index < -0.39 is 23.8 Å². The molecule has 0 aromatic heterocycles. The van der Waals surface area contributed by atoms with Crippen molar-refractivity contribution >= 4 is 17.8 Å². The van der Waals surface area contributed by atoms with Crippen LogP contribution in [0.15, 0.2) is 12.2 Å². The fraction of sp³-hybridized carbons (Fsp3) is 0.615. The highest BCUT2D eigenvalue weighted by Crippen LogP contribution is 2.48. The second-order valence-electron chi connectivity index (χ2n) is 4.86. The number of carboxylic acids is 1. The van der Waals surface area contributed by atoms with Crippen LogP contribution in [0.4, 0.5) is 0 Å². The van der Waals surface area contributed by atoms with E-state index >= 15 is 0 Å². The third-order valence-electron chi connectivity index (χ3n) is 3.76. The van der Waals surface area contributed by atoms with E-state index in [1.807, 2.05) is 12.2 Å². The summed E-state index contributed by atoms with van der Waals surface area (Å²) in [5, 5.41) is 11.7. The van der Waals surface area contributed by atoms with Crippen LogP contribution < -0.4 is 5.32 Å². The second kappa shape index (κ2) is 5.42. The molecule has 0 spiro atoms. The Morgan fingerprint density at radius 1 is 1.26 bits per heavy atom. The lowest BCUT2D eigenvalue weighted by Crippen LogP contribution is -2.42. The van der Waals surface area contributed by atoms with E-state index in [9.17, 15) is 19.5 Å². The van der Waals surface area contributed by atoms with Crippen molar-refractivity contribution in [2.24, 2.45) is 23.7 Å². The number of esters is 1. The van der Waals surface area contributed by atoms with Gasteiger partial charge in [0.15, 0.2) is 0 Å². The maximum absolute atomic E-state index is 12.0. The number of ether oxygens (including phenoxy) is 1. The SMILES string of the molecule is CCOC(=O)CNC(=O)C1C2C=CC(C2)C1C(=O)O. The Balaban J connectivity index is 1.96. The summed E-state index contributed by atoms with van der Waals surface area (Å²) in [6.45, 7) is 1.72. The Morgan fingerprint density at radius 3 is 2.47 bits per heavy atom. The fourth-order valence-electron chi connectivity index (χ4n) is 3.01. The summed E-state index contributed by atoms with van der Waals surface area (Å²) in [4.78, 5) is 34.5. The van der Waals surface area contributed by atoms with Crippen LogP contribution in [-0.4, -0.2) is 36.1 Å². The number of allylic oxidation sites excluding steroid dienone is 2. The first-order valence-electron chi connectivity index (χ1n) is 6.39. The smallest absolute Gasteiger partial charge is 0.325 e. The maximum Gasteiger partial charge on any atom is 0.325 e. The Bertz CT molecular complexity index is 431. The number of hydrogen-bond donors (Lipinski definition) is 2. The van der Waals surface area contributed by atoms with Gasteiger partial charge in [-0.3, -0.25) is 14.4 Å². The second-order valence-corrected chi connectivity index (χ2v) is 4.86. The quantitative estimate of drug-likeness (QED) is 0.548. The molecule has 0 heterocycles. The van der Waals surface area contributed by atoms with Crippen LogP contribution in [0.2, 0.25) is 0 Å². The van der Waals surface area contributed by atoms with Gasteiger partial charge in [0.1, 0.15) is 6.54 Å². The van der Waals surface area contributed by atoms with Crippen molar-refractivity contribution in [3.8, 4) is 0 Å². The highest BCUT2D eigenvalue weighted by Gasteiger charge is 2.51. The van der Waals surface area contributed by atoms with Crippen LogP contribution in [0.1, 0.15) is 13.3 Å². The highest BCUT2D eigenvalue weighted by molar-refractivity contribution is 5.88. The molecule has 4 atom stereocenters. The molecule has 19 heavy (non-hydrogen) atoms. The van der Waals surface area contributed by atoms with Gasteiger partial charge in [0.25, 0.3) is 0 Å². The van der Waals surface area contributed by atoms with Gasteiger partial charge in [-0.2, -0.15) is 0 Å². The lowest BCUT2D eigenvalue weighted by Gasteiger charge is -2.23. The molecule has 4 unspecified atom stereocenters. The van der Waals surface area contributed by atoms with Crippen molar-refractivity contribution in [2.45, 2.75) is 13.3 Å². The summed E-state index contributed by atoms with van der Waals surface area (Å²) in [5.41, 5.74) is 0. The summed E-state index contributed by atoms with van der Waals surface area (Å²) >= 11 is 0. The van der Waals surface area contributed by atoms with Gasteiger partial charge in [0.2, 0.25) is 5.91 Å². The number of carboxylic acid groups (broad SMARTS) is 1. The van der Waals surface area contributed by atoms with Gasteiger partial charge < -0.3 is 15.2 Å². The van der Waals surface area contributed by atoms with Gasteiger partial charge in [-0.25, -0.2) is 0 Å². The fourth-order valence-corrected chi connectivity index (χ4v) is 3.01. The molecular formula is C13H17NO5. The molecule has 0 aliphatic heterocycles. The van der Waals surface area contributed by atoms with Gasteiger partial charge in [-0.15, -0.1) is 0 Å². The molecule has 2 bridgehead atoms. The zero-order valence-electron chi connectivity index (χ0n) is 10.7. The zero-order valence-corrected chi connectivity index (χ0v) is 10.7. The van der Waals surface area contributed by atoms with Crippen molar-refractivity contribution in [3.05, 3.63) is 12.2 Å². The topological polar surface area (TPSA) is 92.7 Å². The normalized spacial score (nSPS) is 31.2. The van der Waals surface area contributed by atoms with E-state index in [1.54, 1.807) is 6.92 Å². The number of carbonyl (C=O) groups is 3. The van der Waals surface area contributed by atoms with E-state index in [1.165, 1.54) is 0 Å². The first-order valence-corrected chi connectivity index (χ1v) is 6.39. The van der Waals surface area contributed by atoms with Crippen LogP contribution in [0.3, 0.4) is 0 Å². The summed E-state index contributed by atoms with van der Waals surface area (Å²) < 4.78 is 4.71. The van der Waals surface area contributed by atoms with Crippen LogP contribution in [-0.2, 0) is 19.1 Å². The summed E-state index contributed by atoms with van der Waals surface area (Å²) in [7, 11) is 0. The molecule has 1 fully saturated rings. The van der Waals surface area contributed by atoms with Crippen LogP contribution in [0.5, 0.6) is 0 Å². The van der Waals surface area contributed by atoms with Gasteiger partial charge in [-0.05, 0) is 25.2 Å². The Kier molecular flexibility index (Phi) is 3.87. The monoisotopic (exact) mass is 267 g/mol. The molecular weight excluding hydrogens is 250 g/mol. The van der Waals surface area contributed by atoms with E-state index in [0.717, 1.165) is 0 Å². The van der Waals surface area contributed by atoms with Gasteiger partial charge in [0, 0.05) is 0 Å². The molecule has 2 aliphatic carbocycles. The minimum Gasteiger partial charge on any atom is -0.481 e. The number of hydrogen-bond acceptors (Lipinski definition) is 4. The third-order valence-corrected chi connectivity index (χ3v) is 3.76. The number of aliphatic carboxylic acids is 1. The number of amides is 1. The number of fused-ring (bicyclic) bond motifs is 2. The highest BCUT2D eigenvalue weighted by atomic mass is 16.5. The predicted molar refractivity (Wildman–Crippen MR) is 65.0 cm³/mol. The number of rotatable bonds is 5. The van der Waals surface area contributed by atoms with Gasteiger partial charge >= 0.3 is 11.9 Å². The van der Waals surface area contributed by atoms with Crippen LogP contribution in [0.25, 0.3) is 0 Å². The van der Waals surface area contributed by atoms with E-state index in [0.29, 0.717) is 6.42 Å². The summed E-state index contributed by atoms with van der Waals surface area (Å²) in [5.74, 6) is -3.21. The largest absolute Gasteiger partial charge is 0.481 e. The van der Waals surface area contributed by atoms with Crippen molar-refractivity contribution in [1.82, 2.24) is 5.32 Å².